The van der Waals surface area contributed by atoms with Gasteiger partial charge in [-0.3, -0.25) is 0 Å². The van der Waals surface area contributed by atoms with Crippen molar-refractivity contribution >= 4 is 5.97 Å². The molecule has 4 nitrogen and oxygen atoms in total. The van der Waals surface area contributed by atoms with Crippen molar-refractivity contribution in [2.75, 3.05) is 6.61 Å². The van der Waals surface area contributed by atoms with Gasteiger partial charge in [0.05, 0.1) is 12.2 Å². The molecule has 0 amide bonds. The number of rotatable bonds is 4. The Morgan fingerprint density at radius 2 is 1.89 bits per heavy atom. The van der Waals surface area contributed by atoms with Crippen molar-refractivity contribution in [1.29, 1.82) is 0 Å². The van der Waals surface area contributed by atoms with Crippen molar-refractivity contribution in [3.05, 3.63) is 0 Å². The molecule has 1 N–H and O–H groups in total. The Morgan fingerprint density at radius 1 is 1.32 bits per heavy atom. The Kier molecular flexibility index (Phi) is 2.71. The van der Waals surface area contributed by atoms with Crippen molar-refractivity contribution in [2.45, 2.75) is 50.2 Å². The molecule has 4 aliphatic carbocycles. The molecule has 4 rings (SSSR count). The topological polar surface area (TPSA) is 69.6 Å². The van der Waals surface area contributed by atoms with Crippen molar-refractivity contribution in [3.8, 4) is 0 Å². The number of carboxylic acids is 1. The molecule has 0 saturated heterocycles. The van der Waals surface area contributed by atoms with E-state index in [1.807, 2.05) is 0 Å². The van der Waals surface area contributed by atoms with Crippen LogP contribution in [0.15, 0.2) is 0 Å². The van der Waals surface area contributed by atoms with Crippen LogP contribution >= 0.6 is 0 Å². The van der Waals surface area contributed by atoms with Crippen LogP contribution in [0.2, 0.25) is 0 Å². The smallest absolute Gasteiger partial charge is 0.397 e. The van der Waals surface area contributed by atoms with Crippen LogP contribution in [0.4, 0.5) is 8.78 Å². The molecule has 0 aliphatic heterocycles. The monoisotopic (exact) mass is 275 g/mol. The van der Waals surface area contributed by atoms with Crippen LogP contribution in [0.3, 0.4) is 0 Å². The SMILES string of the molecule is O=C([O-])C(F)(F)OCC12CC3CC(CC(O)(C3)C1)C2. The number of carbonyl (C=O) groups excluding carboxylic acids is 1. The molecule has 4 saturated carbocycles. The molecular formula is C13H17F2O4-. The van der Waals surface area contributed by atoms with E-state index in [1.54, 1.807) is 0 Å². The van der Waals surface area contributed by atoms with Gasteiger partial charge in [-0.15, -0.1) is 0 Å². The third kappa shape index (κ3) is 2.25. The highest BCUT2D eigenvalue weighted by Gasteiger charge is 2.57. The minimum atomic E-state index is -4.24. The molecule has 0 aromatic rings. The van der Waals surface area contributed by atoms with Crippen molar-refractivity contribution in [1.82, 2.24) is 0 Å². The van der Waals surface area contributed by atoms with Gasteiger partial charge in [-0.25, -0.2) is 0 Å². The van der Waals surface area contributed by atoms with Gasteiger partial charge in [0.15, 0.2) is 0 Å². The first-order valence-electron chi connectivity index (χ1n) is 6.68. The summed E-state index contributed by atoms with van der Waals surface area (Å²) in [4.78, 5) is 10.3. The van der Waals surface area contributed by atoms with E-state index in [1.165, 1.54) is 0 Å². The largest absolute Gasteiger partial charge is 0.542 e. The summed E-state index contributed by atoms with van der Waals surface area (Å²) in [6.07, 6.45) is 0.206. The van der Waals surface area contributed by atoms with E-state index < -0.39 is 23.1 Å². The number of aliphatic carboxylic acids is 1. The number of ether oxygens (including phenoxy) is 1. The lowest BCUT2D eigenvalue weighted by molar-refractivity contribution is -0.367. The maximum Gasteiger partial charge on any atom is 0.397 e. The van der Waals surface area contributed by atoms with Crippen LogP contribution in [0.25, 0.3) is 0 Å². The van der Waals surface area contributed by atoms with Crippen molar-refractivity contribution in [2.24, 2.45) is 17.3 Å². The average Bonchev–Trinajstić information content (AvgIpc) is 2.23. The summed E-state index contributed by atoms with van der Waals surface area (Å²) in [6.45, 7) is -0.316. The highest BCUT2D eigenvalue weighted by molar-refractivity contribution is 5.71. The molecule has 0 heterocycles. The predicted octanol–water partition coefficient (Wildman–Crippen LogP) is 0.677. The zero-order valence-corrected chi connectivity index (χ0v) is 10.5. The third-order valence-electron chi connectivity index (χ3n) is 4.95. The van der Waals surface area contributed by atoms with E-state index in [0.29, 0.717) is 18.3 Å². The zero-order chi connectivity index (χ0) is 13.9. The highest BCUT2D eigenvalue weighted by Crippen LogP contribution is 2.61. The molecular weight excluding hydrogens is 258 g/mol. The summed E-state index contributed by atoms with van der Waals surface area (Å²) < 4.78 is 30.3. The van der Waals surface area contributed by atoms with Gasteiger partial charge in [-0.05, 0) is 55.8 Å². The van der Waals surface area contributed by atoms with Gasteiger partial charge in [0, 0.05) is 0 Å². The van der Waals surface area contributed by atoms with Crippen LogP contribution < -0.4 is 5.11 Å². The van der Waals surface area contributed by atoms with Gasteiger partial charge < -0.3 is 19.7 Å². The third-order valence-corrected chi connectivity index (χ3v) is 4.95. The Labute approximate surface area is 109 Å². The second kappa shape index (κ2) is 3.88. The Morgan fingerprint density at radius 3 is 2.37 bits per heavy atom. The molecule has 0 aromatic carbocycles. The van der Waals surface area contributed by atoms with Gasteiger partial charge >= 0.3 is 6.11 Å². The minimum absolute atomic E-state index is 0.316. The number of aliphatic hydroxyl groups is 1. The maximum absolute atomic E-state index is 13.0. The fourth-order valence-electron chi connectivity index (χ4n) is 4.87. The van der Waals surface area contributed by atoms with Crippen LogP contribution in [0, 0.1) is 17.3 Å². The molecule has 0 radical (unpaired) electrons. The minimum Gasteiger partial charge on any atom is -0.542 e. The van der Waals surface area contributed by atoms with Crippen LogP contribution in [-0.2, 0) is 9.53 Å². The van der Waals surface area contributed by atoms with E-state index in [-0.39, 0.29) is 6.61 Å². The van der Waals surface area contributed by atoms with Crippen LogP contribution in [-0.4, -0.2) is 29.4 Å². The summed E-state index contributed by atoms with van der Waals surface area (Å²) in [5.74, 6) is -1.80. The van der Waals surface area contributed by atoms with Gasteiger partial charge in [-0.2, -0.15) is 8.78 Å². The second-order valence-corrected chi connectivity index (χ2v) is 6.78. The maximum atomic E-state index is 13.0. The van der Waals surface area contributed by atoms with Crippen molar-refractivity contribution in [3.63, 3.8) is 0 Å². The van der Waals surface area contributed by atoms with Gasteiger partial charge in [0.2, 0.25) is 0 Å². The number of carbonyl (C=O) groups is 1. The normalized spacial score (nSPS) is 44.6. The fraction of sp³-hybridized carbons (Fsp3) is 0.923. The molecule has 4 fully saturated rings. The molecule has 0 aromatic heterocycles. The number of halogens is 2. The summed E-state index contributed by atoms with van der Waals surface area (Å²) in [5, 5.41) is 20.7. The quantitative estimate of drug-likeness (QED) is 0.819. The van der Waals surface area contributed by atoms with E-state index in [2.05, 4.69) is 4.74 Å². The Hall–Kier alpha value is -0.750. The Balaban J connectivity index is 1.72. The molecule has 2 unspecified atom stereocenters. The lowest BCUT2D eigenvalue weighted by Crippen LogP contribution is -2.58. The first kappa shape index (κ1) is 13.2. The summed E-state index contributed by atoms with van der Waals surface area (Å²) >= 11 is 0. The lowest BCUT2D eigenvalue weighted by Gasteiger charge is -2.60. The lowest BCUT2D eigenvalue weighted by atomic mass is 9.48. The number of alkyl halides is 2. The molecule has 19 heavy (non-hydrogen) atoms. The van der Waals surface area contributed by atoms with Crippen molar-refractivity contribution < 1.29 is 28.5 Å². The first-order chi connectivity index (χ1) is 8.72. The molecule has 0 spiro atoms. The van der Waals surface area contributed by atoms with E-state index >= 15 is 0 Å². The van der Waals surface area contributed by atoms with E-state index in [0.717, 1.165) is 32.1 Å². The van der Waals surface area contributed by atoms with Gasteiger partial charge in [0.25, 0.3) is 0 Å². The molecule has 108 valence electrons. The van der Waals surface area contributed by atoms with E-state index in [4.69, 9.17) is 0 Å². The molecule has 2 atom stereocenters. The molecule has 4 bridgehead atoms. The molecule has 6 heteroatoms. The molecule has 4 aliphatic rings. The fourth-order valence-corrected chi connectivity index (χ4v) is 4.87. The predicted molar refractivity (Wildman–Crippen MR) is 58.0 cm³/mol. The van der Waals surface area contributed by atoms with Crippen LogP contribution in [0.1, 0.15) is 38.5 Å². The number of carboxylic acid groups (broad SMARTS) is 1. The Bertz CT molecular complexity index is 395. The van der Waals surface area contributed by atoms with Gasteiger partial charge in [-0.1, -0.05) is 0 Å². The van der Waals surface area contributed by atoms with E-state index in [9.17, 15) is 23.8 Å². The summed E-state index contributed by atoms with van der Waals surface area (Å²) in [6, 6.07) is 0. The standard InChI is InChI=1S/C13H18F2O4/c14-13(15,10(16)17)19-7-11-2-8-1-9(3-11)5-12(18,4-8)6-11/h8-9,18H,1-7H2,(H,16,17)/p-1. The number of hydrogen-bond acceptors (Lipinski definition) is 4. The van der Waals surface area contributed by atoms with Crippen LogP contribution in [0.5, 0.6) is 0 Å². The number of hydrogen-bond donors (Lipinski definition) is 1. The average molecular weight is 275 g/mol. The summed E-state index contributed by atoms with van der Waals surface area (Å²) in [7, 11) is 0. The zero-order valence-electron chi connectivity index (χ0n) is 10.5. The second-order valence-electron chi connectivity index (χ2n) is 6.78. The van der Waals surface area contributed by atoms with Gasteiger partial charge in [0.1, 0.15) is 5.97 Å². The first-order valence-corrected chi connectivity index (χ1v) is 6.68. The highest BCUT2D eigenvalue weighted by atomic mass is 19.3. The summed E-state index contributed by atoms with van der Waals surface area (Å²) in [5.41, 5.74) is -1.25.